The molecule has 0 radical (unpaired) electrons. The number of nitrogens with one attached hydrogen (secondary N) is 1. The Morgan fingerprint density at radius 2 is 2.18 bits per heavy atom. The van der Waals surface area contributed by atoms with Crippen LogP contribution in [-0.4, -0.2) is 31.0 Å². The fourth-order valence-corrected chi connectivity index (χ4v) is 2.88. The molecule has 2 aromatic rings. The number of benzene rings is 1. The summed E-state index contributed by atoms with van der Waals surface area (Å²) in [5.74, 6) is 0.647. The number of rotatable bonds is 6. The molecule has 0 saturated carbocycles. The van der Waals surface area contributed by atoms with Gasteiger partial charge in [0.05, 0.1) is 0 Å². The van der Waals surface area contributed by atoms with Gasteiger partial charge in [-0.25, -0.2) is 4.39 Å². The molecule has 0 bridgehead atoms. The summed E-state index contributed by atoms with van der Waals surface area (Å²) < 4.78 is 13.3. The minimum absolute atomic E-state index is 0.203. The highest BCUT2D eigenvalue weighted by Gasteiger charge is 2.07. The highest BCUT2D eigenvalue weighted by molar-refractivity contribution is 7.09. The molecule has 2 rings (SSSR count). The van der Waals surface area contributed by atoms with E-state index in [1.54, 1.807) is 23.5 Å². The van der Waals surface area contributed by atoms with Crippen molar-refractivity contribution in [2.24, 2.45) is 4.99 Å². The third-order valence-electron chi connectivity index (χ3n) is 3.21. The lowest BCUT2D eigenvalue weighted by molar-refractivity contribution is 0.475. The largest absolute Gasteiger partial charge is 0.357 e. The zero-order valence-corrected chi connectivity index (χ0v) is 13.9. The lowest BCUT2D eigenvalue weighted by Gasteiger charge is -2.22. The minimum atomic E-state index is -0.203. The van der Waals surface area contributed by atoms with Gasteiger partial charge in [0.2, 0.25) is 0 Å². The van der Waals surface area contributed by atoms with Crippen LogP contribution >= 0.6 is 11.3 Å². The smallest absolute Gasteiger partial charge is 0.193 e. The van der Waals surface area contributed by atoms with Crippen molar-refractivity contribution < 1.29 is 4.39 Å². The first-order valence-electron chi connectivity index (χ1n) is 7.45. The second-order valence-electron chi connectivity index (χ2n) is 5.05. The van der Waals surface area contributed by atoms with Crippen molar-refractivity contribution in [2.75, 3.05) is 20.1 Å². The maximum Gasteiger partial charge on any atom is 0.193 e. The predicted molar refractivity (Wildman–Crippen MR) is 91.9 cm³/mol. The first kappa shape index (κ1) is 16.5. The van der Waals surface area contributed by atoms with E-state index in [1.165, 1.54) is 10.9 Å². The van der Waals surface area contributed by atoms with Crippen LogP contribution in [0.4, 0.5) is 4.39 Å². The zero-order valence-electron chi connectivity index (χ0n) is 13.1. The molecule has 118 valence electrons. The number of guanidine groups is 1. The van der Waals surface area contributed by atoms with Gasteiger partial charge < -0.3 is 10.2 Å². The van der Waals surface area contributed by atoms with Crippen LogP contribution in [0.2, 0.25) is 0 Å². The lowest BCUT2D eigenvalue weighted by atomic mass is 10.2. The molecule has 1 N–H and O–H groups in total. The number of nitrogens with zero attached hydrogens (tertiary/aromatic N) is 2. The average molecular weight is 319 g/mol. The summed E-state index contributed by atoms with van der Waals surface area (Å²) in [5.41, 5.74) is 0.936. The van der Waals surface area contributed by atoms with Gasteiger partial charge >= 0.3 is 0 Å². The summed E-state index contributed by atoms with van der Waals surface area (Å²) in [5, 5.41) is 5.37. The Balaban J connectivity index is 1.96. The Kier molecular flexibility index (Phi) is 6.40. The van der Waals surface area contributed by atoms with Gasteiger partial charge in [0, 0.05) is 38.0 Å². The summed E-state index contributed by atoms with van der Waals surface area (Å²) in [4.78, 5) is 8.01. The Morgan fingerprint density at radius 1 is 1.32 bits per heavy atom. The van der Waals surface area contributed by atoms with E-state index in [-0.39, 0.29) is 5.82 Å². The summed E-state index contributed by atoms with van der Waals surface area (Å²) in [6.45, 7) is 4.23. The molecule has 0 saturated heterocycles. The Morgan fingerprint density at radius 3 is 2.86 bits per heavy atom. The molecule has 3 nitrogen and oxygen atoms in total. The lowest BCUT2D eigenvalue weighted by Crippen LogP contribution is -2.38. The number of thiophene rings is 1. The molecule has 22 heavy (non-hydrogen) atoms. The summed E-state index contributed by atoms with van der Waals surface area (Å²) in [6.07, 6.45) is 0.945. The Bertz CT molecular complexity index is 596. The van der Waals surface area contributed by atoms with Crippen LogP contribution in [0, 0.1) is 5.82 Å². The second kappa shape index (κ2) is 8.54. The fourth-order valence-electron chi connectivity index (χ4n) is 2.18. The van der Waals surface area contributed by atoms with Gasteiger partial charge in [-0.1, -0.05) is 18.2 Å². The minimum Gasteiger partial charge on any atom is -0.357 e. The van der Waals surface area contributed by atoms with Crippen molar-refractivity contribution >= 4 is 17.3 Å². The number of hydrogen-bond donors (Lipinski definition) is 1. The van der Waals surface area contributed by atoms with Gasteiger partial charge in [0.1, 0.15) is 5.82 Å². The highest BCUT2D eigenvalue weighted by atomic mass is 32.1. The molecule has 0 aliphatic heterocycles. The molecule has 0 unspecified atom stereocenters. The Hall–Kier alpha value is -1.88. The van der Waals surface area contributed by atoms with Crippen LogP contribution in [-0.2, 0) is 13.0 Å². The molecule has 5 heteroatoms. The van der Waals surface area contributed by atoms with E-state index in [9.17, 15) is 4.39 Å². The van der Waals surface area contributed by atoms with Gasteiger partial charge in [-0.15, -0.1) is 11.3 Å². The third-order valence-corrected chi connectivity index (χ3v) is 4.14. The monoisotopic (exact) mass is 319 g/mol. The van der Waals surface area contributed by atoms with Crippen LogP contribution < -0.4 is 5.32 Å². The van der Waals surface area contributed by atoms with E-state index in [0.717, 1.165) is 31.0 Å². The standard InChI is InChI=1S/C17H22FN3S/c1-3-19-17(20-10-9-16-8-5-11-22-16)21(2)13-14-6-4-7-15(18)12-14/h4-8,11-12H,3,9-10,13H2,1-2H3,(H,19,20). The molecule has 0 amide bonds. The predicted octanol–water partition coefficient (Wildman–Crippen LogP) is 3.53. The van der Waals surface area contributed by atoms with E-state index < -0.39 is 0 Å². The van der Waals surface area contributed by atoms with Crippen molar-refractivity contribution in [1.82, 2.24) is 10.2 Å². The number of hydrogen-bond acceptors (Lipinski definition) is 2. The van der Waals surface area contributed by atoms with Gasteiger partial charge in [0.25, 0.3) is 0 Å². The van der Waals surface area contributed by atoms with Crippen LogP contribution in [0.15, 0.2) is 46.8 Å². The normalized spacial score (nSPS) is 11.5. The topological polar surface area (TPSA) is 27.6 Å². The van der Waals surface area contributed by atoms with E-state index >= 15 is 0 Å². The van der Waals surface area contributed by atoms with Crippen molar-refractivity contribution in [1.29, 1.82) is 0 Å². The quantitative estimate of drug-likeness (QED) is 0.651. The van der Waals surface area contributed by atoms with Gasteiger partial charge in [0.15, 0.2) is 5.96 Å². The maximum absolute atomic E-state index is 13.3. The molecule has 0 spiro atoms. The van der Waals surface area contributed by atoms with E-state index in [2.05, 4.69) is 27.8 Å². The van der Waals surface area contributed by atoms with Crippen molar-refractivity contribution in [3.63, 3.8) is 0 Å². The van der Waals surface area contributed by atoms with Gasteiger partial charge in [-0.3, -0.25) is 4.99 Å². The van der Waals surface area contributed by atoms with Crippen molar-refractivity contribution in [2.45, 2.75) is 19.9 Å². The molecule has 0 fully saturated rings. The fraction of sp³-hybridized carbons (Fsp3) is 0.353. The van der Waals surface area contributed by atoms with Crippen molar-refractivity contribution in [3.05, 3.63) is 58.0 Å². The van der Waals surface area contributed by atoms with Crippen LogP contribution in [0.1, 0.15) is 17.4 Å². The maximum atomic E-state index is 13.3. The van der Waals surface area contributed by atoms with Gasteiger partial charge in [-0.2, -0.15) is 0 Å². The van der Waals surface area contributed by atoms with E-state index in [4.69, 9.17) is 0 Å². The number of halogens is 1. The van der Waals surface area contributed by atoms with Gasteiger partial charge in [-0.05, 0) is 36.1 Å². The summed E-state index contributed by atoms with van der Waals surface area (Å²) in [6, 6.07) is 10.9. The highest BCUT2D eigenvalue weighted by Crippen LogP contribution is 2.09. The first-order chi connectivity index (χ1) is 10.7. The molecule has 1 aromatic carbocycles. The zero-order chi connectivity index (χ0) is 15.8. The van der Waals surface area contributed by atoms with Crippen LogP contribution in [0.25, 0.3) is 0 Å². The molecule has 0 aliphatic carbocycles. The molecule has 0 atom stereocenters. The van der Waals surface area contributed by atoms with Crippen LogP contribution in [0.3, 0.4) is 0 Å². The second-order valence-corrected chi connectivity index (χ2v) is 6.08. The van der Waals surface area contributed by atoms with E-state index in [0.29, 0.717) is 6.54 Å². The molecule has 1 aromatic heterocycles. The van der Waals surface area contributed by atoms with E-state index in [1.807, 2.05) is 24.9 Å². The molecular formula is C17H22FN3S. The molecule has 0 aliphatic rings. The van der Waals surface area contributed by atoms with Crippen LogP contribution in [0.5, 0.6) is 0 Å². The first-order valence-corrected chi connectivity index (χ1v) is 8.33. The summed E-state index contributed by atoms with van der Waals surface area (Å²) >= 11 is 1.76. The average Bonchev–Trinajstić information content (AvgIpc) is 2.99. The summed E-state index contributed by atoms with van der Waals surface area (Å²) in [7, 11) is 1.97. The SMILES string of the molecule is CCNC(=NCCc1cccs1)N(C)Cc1cccc(F)c1. The van der Waals surface area contributed by atoms with Crippen molar-refractivity contribution in [3.8, 4) is 0 Å². The Labute approximate surface area is 135 Å². The third kappa shape index (κ3) is 5.15. The molecule has 1 heterocycles. The number of aliphatic imine (C=N–C) groups is 1. The molecular weight excluding hydrogens is 297 g/mol.